The number of halogens is 3. The van der Waals surface area contributed by atoms with E-state index in [1.807, 2.05) is 24.3 Å². The molecule has 0 heterocycles. The summed E-state index contributed by atoms with van der Waals surface area (Å²) in [6.07, 6.45) is -4.33. The molecular formula is C23H13F3. The van der Waals surface area contributed by atoms with Crippen LogP contribution in [0.2, 0.25) is 0 Å². The highest BCUT2D eigenvalue weighted by Gasteiger charge is 2.30. The van der Waals surface area contributed by atoms with Gasteiger partial charge in [-0.25, -0.2) is 0 Å². The summed E-state index contributed by atoms with van der Waals surface area (Å²) in [5.41, 5.74) is -0.615. The summed E-state index contributed by atoms with van der Waals surface area (Å²) in [6, 6.07) is 24.3. The molecule has 0 aliphatic heterocycles. The largest absolute Gasteiger partial charge is 0.416 e. The molecule has 0 unspecified atom stereocenters. The van der Waals surface area contributed by atoms with E-state index in [-0.39, 0.29) is 0 Å². The third-order valence-corrected chi connectivity index (χ3v) is 4.94. The summed E-state index contributed by atoms with van der Waals surface area (Å²) in [4.78, 5) is 0. The molecule has 5 aromatic rings. The van der Waals surface area contributed by atoms with Gasteiger partial charge in [0.2, 0.25) is 0 Å². The van der Waals surface area contributed by atoms with Crippen LogP contribution >= 0.6 is 0 Å². The lowest BCUT2D eigenvalue weighted by Crippen LogP contribution is -2.04. The Balaban J connectivity index is 1.81. The van der Waals surface area contributed by atoms with E-state index in [0.29, 0.717) is 5.39 Å². The van der Waals surface area contributed by atoms with Gasteiger partial charge in [-0.15, -0.1) is 0 Å². The third kappa shape index (κ3) is 2.39. The van der Waals surface area contributed by atoms with Crippen molar-refractivity contribution in [2.24, 2.45) is 0 Å². The topological polar surface area (TPSA) is 0 Å². The number of hydrogen-bond acceptors (Lipinski definition) is 0. The first-order chi connectivity index (χ1) is 12.5. The molecule has 0 nitrogen and oxygen atoms in total. The molecule has 0 saturated heterocycles. The summed E-state index contributed by atoms with van der Waals surface area (Å²) in [5, 5.41) is 7.93. The number of fused-ring (bicyclic) bond motifs is 4. The molecular weight excluding hydrogens is 333 g/mol. The lowest BCUT2D eigenvalue weighted by atomic mass is 9.97. The lowest BCUT2D eigenvalue weighted by Gasteiger charge is -2.10. The molecule has 126 valence electrons. The third-order valence-electron chi connectivity index (χ3n) is 4.94. The average molecular weight is 346 g/mol. The highest BCUT2D eigenvalue weighted by Crippen LogP contribution is 2.34. The Bertz CT molecular complexity index is 1310. The van der Waals surface area contributed by atoms with Gasteiger partial charge >= 0.3 is 6.18 Å². The first-order valence-corrected chi connectivity index (χ1v) is 8.35. The molecule has 0 aliphatic rings. The van der Waals surface area contributed by atoms with Crippen molar-refractivity contribution in [3.63, 3.8) is 0 Å². The van der Waals surface area contributed by atoms with Crippen molar-refractivity contribution < 1.29 is 13.2 Å². The van der Waals surface area contributed by atoms with Crippen molar-refractivity contribution in [1.82, 2.24) is 0 Å². The van der Waals surface area contributed by atoms with Crippen molar-refractivity contribution in [2.45, 2.75) is 6.18 Å². The van der Waals surface area contributed by atoms with Gasteiger partial charge in [0.25, 0.3) is 0 Å². The molecule has 0 fully saturated rings. The van der Waals surface area contributed by atoms with E-state index in [0.717, 1.165) is 38.4 Å². The Labute approximate surface area is 147 Å². The molecule has 0 radical (unpaired) electrons. The molecule has 26 heavy (non-hydrogen) atoms. The molecule has 0 atom stereocenters. The van der Waals surface area contributed by atoms with Crippen molar-refractivity contribution in [3.05, 3.63) is 84.4 Å². The normalized spacial score (nSPS) is 12.4. The van der Waals surface area contributed by atoms with Gasteiger partial charge in [0.05, 0.1) is 5.56 Å². The Morgan fingerprint density at radius 2 is 0.808 bits per heavy atom. The van der Waals surface area contributed by atoms with Gasteiger partial charge in [0, 0.05) is 0 Å². The Morgan fingerprint density at radius 1 is 0.423 bits per heavy atom. The smallest absolute Gasteiger partial charge is 0.166 e. The van der Waals surface area contributed by atoms with Crippen molar-refractivity contribution >= 4 is 43.1 Å². The number of alkyl halides is 3. The fourth-order valence-corrected chi connectivity index (χ4v) is 3.62. The SMILES string of the molecule is FC(F)(F)c1ccc2cc3cc4cc5ccccc5cc4cc3cc2c1. The molecule has 0 aromatic heterocycles. The van der Waals surface area contributed by atoms with Gasteiger partial charge in [-0.1, -0.05) is 30.3 Å². The number of benzene rings is 5. The standard InChI is InChI=1S/C23H13F3/c24-23(25,26)22-6-5-16-9-19-10-17-7-14-3-1-2-4-15(14)8-18(17)11-20(19)12-21(16)13-22/h1-13H. The Hall–Kier alpha value is -3.07. The maximum absolute atomic E-state index is 13.0. The van der Waals surface area contributed by atoms with Crippen LogP contribution in [-0.2, 0) is 6.18 Å². The number of rotatable bonds is 0. The van der Waals surface area contributed by atoms with Crippen molar-refractivity contribution in [2.75, 3.05) is 0 Å². The maximum Gasteiger partial charge on any atom is 0.416 e. The van der Waals surface area contributed by atoms with Crippen LogP contribution in [0.5, 0.6) is 0 Å². The quantitative estimate of drug-likeness (QED) is 0.258. The van der Waals surface area contributed by atoms with Gasteiger partial charge in [0.15, 0.2) is 0 Å². The van der Waals surface area contributed by atoms with Crippen LogP contribution in [-0.4, -0.2) is 0 Å². The van der Waals surface area contributed by atoms with E-state index in [9.17, 15) is 13.2 Å². The molecule has 5 aromatic carbocycles. The van der Waals surface area contributed by atoms with Crippen LogP contribution in [0.4, 0.5) is 13.2 Å². The fourth-order valence-electron chi connectivity index (χ4n) is 3.62. The van der Waals surface area contributed by atoms with Gasteiger partial charge < -0.3 is 0 Å². The highest BCUT2D eigenvalue weighted by molar-refractivity contribution is 6.08. The summed E-state index contributed by atoms with van der Waals surface area (Å²) >= 11 is 0. The zero-order chi connectivity index (χ0) is 17.9. The molecule has 3 heteroatoms. The van der Waals surface area contributed by atoms with Gasteiger partial charge in [-0.2, -0.15) is 13.2 Å². The molecule has 5 rings (SSSR count). The van der Waals surface area contributed by atoms with Crippen molar-refractivity contribution in [3.8, 4) is 0 Å². The summed E-state index contributed by atoms with van der Waals surface area (Å²) in [7, 11) is 0. The highest BCUT2D eigenvalue weighted by atomic mass is 19.4. The van der Waals surface area contributed by atoms with E-state index in [1.54, 1.807) is 6.07 Å². The van der Waals surface area contributed by atoms with Crippen LogP contribution in [0.1, 0.15) is 5.56 Å². The fraction of sp³-hybridized carbons (Fsp3) is 0.0435. The summed E-state index contributed by atoms with van der Waals surface area (Å²) in [5.74, 6) is 0. The second-order valence-corrected chi connectivity index (χ2v) is 6.66. The summed E-state index contributed by atoms with van der Waals surface area (Å²) < 4.78 is 39.0. The van der Waals surface area contributed by atoms with E-state index in [1.165, 1.54) is 11.5 Å². The van der Waals surface area contributed by atoms with Crippen LogP contribution in [0.3, 0.4) is 0 Å². The lowest BCUT2D eigenvalue weighted by molar-refractivity contribution is -0.137. The average Bonchev–Trinajstić information content (AvgIpc) is 2.61. The van der Waals surface area contributed by atoms with Gasteiger partial charge in [-0.05, 0) is 91.6 Å². The van der Waals surface area contributed by atoms with Crippen LogP contribution in [0.25, 0.3) is 43.1 Å². The van der Waals surface area contributed by atoms with E-state index in [4.69, 9.17) is 0 Å². The van der Waals surface area contributed by atoms with Crippen LogP contribution in [0.15, 0.2) is 78.9 Å². The minimum atomic E-state index is -4.33. The van der Waals surface area contributed by atoms with Crippen molar-refractivity contribution in [1.29, 1.82) is 0 Å². The first kappa shape index (κ1) is 15.2. The first-order valence-electron chi connectivity index (χ1n) is 8.35. The van der Waals surface area contributed by atoms with Gasteiger partial charge in [0.1, 0.15) is 0 Å². The van der Waals surface area contributed by atoms with E-state index >= 15 is 0 Å². The monoisotopic (exact) mass is 346 g/mol. The zero-order valence-electron chi connectivity index (χ0n) is 13.6. The van der Waals surface area contributed by atoms with Crippen LogP contribution in [0, 0.1) is 0 Å². The molecule has 0 N–H and O–H groups in total. The molecule has 0 spiro atoms. The molecule has 0 amide bonds. The number of hydrogen-bond donors (Lipinski definition) is 0. The molecule has 0 aliphatic carbocycles. The molecule has 0 saturated carbocycles. The minimum Gasteiger partial charge on any atom is -0.166 e. The van der Waals surface area contributed by atoms with E-state index in [2.05, 4.69) is 36.4 Å². The zero-order valence-corrected chi connectivity index (χ0v) is 13.6. The second kappa shape index (κ2) is 5.21. The van der Waals surface area contributed by atoms with E-state index < -0.39 is 11.7 Å². The maximum atomic E-state index is 13.0. The predicted octanol–water partition coefficient (Wildman–Crippen LogP) is 7.32. The Morgan fingerprint density at radius 3 is 1.27 bits per heavy atom. The molecule has 0 bridgehead atoms. The summed E-state index contributed by atoms with van der Waals surface area (Å²) in [6.45, 7) is 0. The second-order valence-electron chi connectivity index (χ2n) is 6.66. The minimum absolute atomic E-state index is 0.604. The predicted molar refractivity (Wildman–Crippen MR) is 101 cm³/mol. The van der Waals surface area contributed by atoms with Gasteiger partial charge in [-0.3, -0.25) is 0 Å². The Kier molecular flexibility index (Phi) is 3.05. The van der Waals surface area contributed by atoms with Crippen LogP contribution < -0.4 is 0 Å².